The summed E-state index contributed by atoms with van der Waals surface area (Å²) in [6, 6.07) is 0. The van der Waals surface area contributed by atoms with E-state index in [1.807, 2.05) is 0 Å². The van der Waals surface area contributed by atoms with Crippen LogP contribution in [0.2, 0.25) is 0 Å². The van der Waals surface area contributed by atoms with Crippen LogP contribution in [0.3, 0.4) is 0 Å². The molecule has 6 unspecified atom stereocenters. The lowest BCUT2D eigenvalue weighted by Crippen LogP contribution is -2.64. The second kappa shape index (κ2) is 46.1. The van der Waals surface area contributed by atoms with E-state index >= 15 is 0 Å². The Bertz CT molecular complexity index is 1270. The van der Waals surface area contributed by atoms with Crippen molar-refractivity contribution >= 4 is 19.8 Å². The van der Waals surface area contributed by atoms with Gasteiger partial charge in [-0.25, -0.2) is 4.57 Å². The Morgan fingerprint density at radius 2 is 0.729 bits per heavy atom. The van der Waals surface area contributed by atoms with Gasteiger partial charge in [-0.2, -0.15) is 0 Å². The molecule has 0 amide bonds. The highest BCUT2D eigenvalue weighted by Gasteiger charge is 2.51. The van der Waals surface area contributed by atoms with Gasteiger partial charge in [0, 0.05) is 12.8 Å². The highest BCUT2D eigenvalue weighted by atomic mass is 31.2. The number of aliphatic hydroxyl groups excluding tert-OH is 5. The maximum atomic E-state index is 12.9. The lowest BCUT2D eigenvalue weighted by molar-refractivity contribution is -0.220. The van der Waals surface area contributed by atoms with Gasteiger partial charge in [0.25, 0.3) is 0 Å². The largest absolute Gasteiger partial charge is 0.472 e. The number of aliphatic hydroxyl groups is 5. The van der Waals surface area contributed by atoms with Gasteiger partial charge in [-0.3, -0.25) is 18.6 Å². The zero-order valence-electron chi connectivity index (χ0n) is 44.6. The molecule has 6 atom stereocenters. The molecule has 0 heterocycles. The Morgan fingerprint density at radius 3 is 1.09 bits per heavy atom. The van der Waals surface area contributed by atoms with E-state index in [1.165, 1.54) is 186 Å². The number of carbonyl (C=O) groups excluding carboxylic acids is 2. The van der Waals surface area contributed by atoms with E-state index < -0.39 is 75.7 Å². The summed E-state index contributed by atoms with van der Waals surface area (Å²) in [5, 5.41) is 50.4. The average Bonchev–Trinajstić information content (AvgIpc) is 3.34. The molecule has 13 nitrogen and oxygen atoms in total. The molecular weight excluding hydrogens is 912 g/mol. The molecule has 0 aromatic heterocycles. The summed E-state index contributed by atoms with van der Waals surface area (Å²) in [5.41, 5.74) is 0. The minimum Gasteiger partial charge on any atom is -0.462 e. The zero-order valence-corrected chi connectivity index (χ0v) is 45.5. The monoisotopic (exact) mass is 1020 g/mol. The summed E-state index contributed by atoms with van der Waals surface area (Å²) < 4.78 is 33.8. The van der Waals surface area contributed by atoms with Crippen molar-refractivity contribution in [2.45, 2.75) is 320 Å². The molecule has 6 N–H and O–H groups in total. The first-order valence-corrected chi connectivity index (χ1v) is 30.5. The lowest BCUT2D eigenvalue weighted by Gasteiger charge is -2.41. The van der Waals surface area contributed by atoms with Gasteiger partial charge in [0.1, 0.15) is 43.2 Å². The molecule has 0 spiro atoms. The second-order valence-corrected chi connectivity index (χ2v) is 21.9. The van der Waals surface area contributed by atoms with E-state index in [1.54, 1.807) is 0 Å². The smallest absolute Gasteiger partial charge is 0.462 e. The van der Waals surface area contributed by atoms with Crippen LogP contribution < -0.4 is 0 Å². The fourth-order valence-corrected chi connectivity index (χ4v) is 10.2. The number of rotatable bonds is 50. The van der Waals surface area contributed by atoms with Crippen molar-refractivity contribution in [1.82, 2.24) is 0 Å². The Kier molecular flexibility index (Phi) is 43.9. The van der Waals surface area contributed by atoms with Crippen molar-refractivity contribution in [3.8, 4) is 0 Å². The van der Waals surface area contributed by atoms with Crippen LogP contribution in [0.15, 0.2) is 12.2 Å². The molecule has 70 heavy (non-hydrogen) atoms. The summed E-state index contributed by atoms with van der Waals surface area (Å²) in [4.78, 5) is 36.0. The SMILES string of the molecule is CCCCCCCC/C=C\CCCCCCCCCCCC(=O)OC(COC(=O)CCCCCCCCCCCCCCCCCCCCCCCC)COP(=O)(O)OC1C(O)C(O)C(O)C(O)C1O. The first-order chi connectivity index (χ1) is 33.9. The van der Waals surface area contributed by atoms with Gasteiger partial charge in [0.2, 0.25) is 0 Å². The fraction of sp³-hybridized carbons (Fsp3) is 0.929. The molecule has 0 radical (unpaired) electrons. The van der Waals surface area contributed by atoms with Gasteiger partial charge in [0.05, 0.1) is 6.61 Å². The van der Waals surface area contributed by atoms with Crippen LogP contribution in [0.4, 0.5) is 0 Å². The summed E-state index contributed by atoms with van der Waals surface area (Å²) in [5.74, 6) is -1.08. The minimum atomic E-state index is -5.12. The highest BCUT2D eigenvalue weighted by molar-refractivity contribution is 7.47. The van der Waals surface area contributed by atoms with Crippen LogP contribution in [0.1, 0.15) is 277 Å². The van der Waals surface area contributed by atoms with Gasteiger partial charge >= 0.3 is 19.8 Å². The topological polar surface area (TPSA) is 210 Å². The summed E-state index contributed by atoms with van der Waals surface area (Å²) >= 11 is 0. The first kappa shape index (κ1) is 66.6. The molecule has 0 aromatic rings. The van der Waals surface area contributed by atoms with Crippen LogP contribution >= 0.6 is 7.82 Å². The van der Waals surface area contributed by atoms with Gasteiger partial charge in [-0.05, 0) is 38.5 Å². The molecule has 1 aliphatic rings. The van der Waals surface area contributed by atoms with Gasteiger partial charge in [-0.1, -0.05) is 238 Å². The maximum Gasteiger partial charge on any atom is 0.472 e. The van der Waals surface area contributed by atoms with Crippen LogP contribution in [0.5, 0.6) is 0 Å². The molecule has 1 fully saturated rings. The molecule has 0 bridgehead atoms. The standard InChI is InChI=1S/C56H107O13P/c1-3-5-7-9-11-13-15-17-19-21-23-24-25-27-28-30-32-34-36-38-40-42-44-49(57)66-46-48(47-67-70(64,65)69-56-54(62)52(60)51(59)53(61)55(56)63)68-50(58)45-43-41-39-37-35-33-31-29-26-22-20-18-16-14-12-10-8-6-4-2/h18,20,48,51-56,59-63H,3-17,19,21-47H2,1-2H3,(H,64,65)/b20-18-. The number of unbranched alkanes of at least 4 members (excludes halogenated alkanes) is 36. The Morgan fingerprint density at radius 1 is 0.429 bits per heavy atom. The lowest BCUT2D eigenvalue weighted by atomic mass is 9.85. The predicted molar refractivity (Wildman–Crippen MR) is 281 cm³/mol. The van der Waals surface area contributed by atoms with Crippen molar-refractivity contribution in [2.24, 2.45) is 0 Å². The van der Waals surface area contributed by atoms with Crippen LogP contribution in [-0.2, 0) is 32.7 Å². The van der Waals surface area contributed by atoms with Crippen molar-refractivity contribution < 1.29 is 63.1 Å². The minimum absolute atomic E-state index is 0.0993. The number of hydrogen-bond acceptors (Lipinski definition) is 12. The zero-order chi connectivity index (χ0) is 51.3. The predicted octanol–water partition coefficient (Wildman–Crippen LogP) is 13.4. The number of phosphoric ester groups is 1. The van der Waals surface area contributed by atoms with Crippen molar-refractivity contribution in [1.29, 1.82) is 0 Å². The molecule has 0 saturated heterocycles. The number of allylic oxidation sites excluding steroid dienone is 2. The quantitative estimate of drug-likeness (QED) is 0.0145. The van der Waals surface area contributed by atoms with Gasteiger partial charge < -0.3 is 39.9 Å². The highest BCUT2D eigenvalue weighted by Crippen LogP contribution is 2.47. The number of ether oxygens (including phenoxy) is 2. The third-order valence-corrected chi connectivity index (χ3v) is 14.8. The van der Waals surface area contributed by atoms with E-state index in [2.05, 4.69) is 26.0 Å². The van der Waals surface area contributed by atoms with E-state index in [0.29, 0.717) is 12.8 Å². The van der Waals surface area contributed by atoms with Crippen LogP contribution in [-0.4, -0.2) is 98.3 Å². The number of carbonyl (C=O) groups is 2. The summed E-state index contributed by atoms with van der Waals surface area (Å²) in [6.07, 6.45) is 39.7. The first-order valence-electron chi connectivity index (χ1n) is 29.0. The third kappa shape index (κ3) is 37.3. The molecule has 414 valence electrons. The second-order valence-electron chi connectivity index (χ2n) is 20.5. The Hall–Kier alpha value is -1.41. The Labute approximate surface area is 426 Å². The average molecular weight is 1020 g/mol. The van der Waals surface area contributed by atoms with Gasteiger partial charge in [-0.15, -0.1) is 0 Å². The molecule has 1 saturated carbocycles. The van der Waals surface area contributed by atoms with E-state index in [4.69, 9.17) is 18.5 Å². The van der Waals surface area contributed by atoms with Crippen molar-refractivity contribution in [3.05, 3.63) is 12.2 Å². The van der Waals surface area contributed by atoms with Crippen LogP contribution in [0.25, 0.3) is 0 Å². The molecular formula is C56H107O13P. The Balaban J connectivity index is 2.32. The molecule has 0 aromatic carbocycles. The number of hydrogen-bond donors (Lipinski definition) is 6. The molecule has 0 aliphatic heterocycles. The summed E-state index contributed by atoms with van der Waals surface area (Å²) in [6.45, 7) is 3.36. The maximum absolute atomic E-state index is 12.9. The normalized spacial score (nSPS) is 20.7. The van der Waals surface area contributed by atoms with Crippen LogP contribution in [0, 0.1) is 0 Å². The fourth-order valence-electron chi connectivity index (χ4n) is 9.23. The van der Waals surface area contributed by atoms with Crippen molar-refractivity contribution in [3.63, 3.8) is 0 Å². The van der Waals surface area contributed by atoms with E-state index in [0.717, 1.165) is 51.4 Å². The number of phosphoric acid groups is 1. The molecule has 14 heteroatoms. The van der Waals surface area contributed by atoms with Gasteiger partial charge in [0.15, 0.2) is 6.10 Å². The van der Waals surface area contributed by atoms with E-state index in [9.17, 15) is 44.6 Å². The van der Waals surface area contributed by atoms with E-state index in [-0.39, 0.29) is 12.8 Å². The third-order valence-electron chi connectivity index (χ3n) is 13.9. The molecule has 1 aliphatic carbocycles. The summed E-state index contributed by atoms with van der Waals surface area (Å²) in [7, 11) is -5.12. The number of esters is 2. The molecule has 1 rings (SSSR count). The van der Waals surface area contributed by atoms with Crippen molar-refractivity contribution in [2.75, 3.05) is 13.2 Å².